The van der Waals surface area contributed by atoms with Gasteiger partial charge in [0.1, 0.15) is 18.1 Å². The van der Waals surface area contributed by atoms with Gasteiger partial charge in [-0.1, -0.05) is 12.1 Å². The van der Waals surface area contributed by atoms with Crippen molar-refractivity contribution in [1.82, 2.24) is 4.57 Å². The number of methoxy groups -OCH3 is 1. The van der Waals surface area contributed by atoms with Gasteiger partial charge in [0, 0.05) is 17.6 Å². The van der Waals surface area contributed by atoms with Gasteiger partial charge in [-0.15, -0.1) is 0 Å². The van der Waals surface area contributed by atoms with Gasteiger partial charge in [0.2, 0.25) is 5.91 Å². The first kappa shape index (κ1) is 15.7. The maximum Gasteiger partial charge on any atom is 0.244 e. The van der Waals surface area contributed by atoms with Crippen LogP contribution in [0.4, 0.5) is 10.1 Å². The minimum absolute atomic E-state index is 0.0134. The van der Waals surface area contributed by atoms with E-state index in [1.54, 1.807) is 28.8 Å². The lowest BCUT2D eigenvalue weighted by Crippen LogP contribution is -2.20. The van der Waals surface area contributed by atoms with Gasteiger partial charge in [-0.05, 0) is 30.3 Å². The minimum Gasteiger partial charge on any atom is -0.495 e. The monoisotopic (exact) mass is 326 g/mol. The zero-order valence-electron chi connectivity index (χ0n) is 13.0. The number of hydrogen-bond donors (Lipinski definition) is 1. The van der Waals surface area contributed by atoms with E-state index in [1.807, 2.05) is 0 Å². The maximum absolute atomic E-state index is 13.3. The van der Waals surface area contributed by atoms with Crippen molar-refractivity contribution in [3.63, 3.8) is 0 Å². The third kappa shape index (κ3) is 3.12. The number of nitrogens with one attached hydrogen (secondary N) is 1. The lowest BCUT2D eigenvalue weighted by molar-refractivity contribution is -0.116. The van der Waals surface area contributed by atoms with E-state index in [1.165, 1.54) is 37.6 Å². The Labute approximate surface area is 137 Å². The van der Waals surface area contributed by atoms with Crippen molar-refractivity contribution < 1.29 is 13.9 Å². The number of hydrogen-bond acceptors (Lipinski definition) is 3. The fourth-order valence-electron chi connectivity index (χ4n) is 2.51. The fraction of sp³-hybridized carbons (Fsp3) is 0.111. The van der Waals surface area contributed by atoms with Crippen LogP contribution in [-0.4, -0.2) is 17.6 Å². The van der Waals surface area contributed by atoms with Crippen molar-refractivity contribution in [3.8, 4) is 5.75 Å². The maximum atomic E-state index is 13.3. The van der Waals surface area contributed by atoms with E-state index in [2.05, 4.69) is 5.32 Å². The molecule has 0 aliphatic rings. The highest BCUT2D eigenvalue weighted by Gasteiger charge is 2.10. The zero-order valence-corrected chi connectivity index (χ0v) is 13.0. The Morgan fingerprint density at radius 2 is 2.00 bits per heavy atom. The number of aromatic nitrogens is 1. The summed E-state index contributed by atoms with van der Waals surface area (Å²) in [6.45, 7) is -0.0134. The second-order valence-corrected chi connectivity index (χ2v) is 5.22. The third-order valence-corrected chi connectivity index (χ3v) is 3.63. The van der Waals surface area contributed by atoms with Crippen LogP contribution in [0.15, 0.2) is 59.5 Å². The first-order valence-electron chi connectivity index (χ1n) is 7.30. The number of pyridine rings is 1. The lowest BCUT2D eigenvalue weighted by Gasteiger charge is -2.13. The summed E-state index contributed by atoms with van der Waals surface area (Å²) >= 11 is 0. The van der Waals surface area contributed by atoms with Crippen LogP contribution in [-0.2, 0) is 11.3 Å². The number of ether oxygens (including phenoxy) is 1. The Morgan fingerprint density at radius 1 is 1.21 bits per heavy atom. The van der Waals surface area contributed by atoms with Crippen LogP contribution in [0.2, 0.25) is 0 Å². The van der Waals surface area contributed by atoms with Gasteiger partial charge in [0.25, 0.3) is 0 Å². The minimum atomic E-state index is -0.490. The van der Waals surface area contributed by atoms with Gasteiger partial charge in [0.15, 0.2) is 5.43 Å². The molecule has 5 nitrogen and oxygen atoms in total. The van der Waals surface area contributed by atoms with Crippen LogP contribution in [0.3, 0.4) is 0 Å². The molecule has 1 N–H and O–H groups in total. The number of carbonyl (C=O) groups excluding carboxylic acids is 1. The highest BCUT2D eigenvalue weighted by atomic mass is 19.1. The van der Waals surface area contributed by atoms with Crippen molar-refractivity contribution in [2.24, 2.45) is 0 Å². The summed E-state index contributed by atoms with van der Waals surface area (Å²) in [7, 11) is 1.52. The van der Waals surface area contributed by atoms with Gasteiger partial charge in [-0.3, -0.25) is 9.59 Å². The Morgan fingerprint density at radius 3 is 2.79 bits per heavy atom. The number of rotatable bonds is 4. The van der Waals surface area contributed by atoms with E-state index >= 15 is 0 Å². The third-order valence-electron chi connectivity index (χ3n) is 3.63. The van der Waals surface area contributed by atoms with Crippen molar-refractivity contribution in [2.75, 3.05) is 12.4 Å². The highest BCUT2D eigenvalue weighted by molar-refractivity contribution is 5.93. The molecule has 0 saturated carbocycles. The van der Waals surface area contributed by atoms with Crippen LogP contribution in [0, 0.1) is 5.82 Å². The summed E-state index contributed by atoms with van der Waals surface area (Å²) in [5.74, 6) is -0.220. The molecule has 0 fully saturated rings. The number of halogens is 1. The normalized spacial score (nSPS) is 10.6. The summed E-state index contributed by atoms with van der Waals surface area (Å²) in [5.41, 5.74) is 0.770. The fourth-order valence-corrected chi connectivity index (χ4v) is 2.51. The van der Waals surface area contributed by atoms with Gasteiger partial charge in [0.05, 0.1) is 18.3 Å². The summed E-state index contributed by atoms with van der Waals surface area (Å²) in [6, 6.07) is 12.3. The Balaban J connectivity index is 1.89. The van der Waals surface area contributed by atoms with Crippen LogP contribution in [0.5, 0.6) is 5.75 Å². The predicted molar refractivity (Wildman–Crippen MR) is 89.8 cm³/mol. The molecule has 2 aromatic carbocycles. The van der Waals surface area contributed by atoms with E-state index in [0.29, 0.717) is 17.0 Å². The first-order chi connectivity index (χ1) is 11.6. The van der Waals surface area contributed by atoms with Crippen LogP contribution >= 0.6 is 0 Å². The summed E-state index contributed by atoms with van der Waals surface area (Å²) in [4.78, 5) is 24.2. The number of nitrogens with zero attached hydrogens (tertiary/aromatic N) is 1. The molecule has 0 spiro atoms. The zero-order chi connectivity index (χ0) is 17.1. The van der Waals surface area contributed by atoms with E-state index in [-0.39, 0.29) is 23.3 Å². The number of anilines is 1. The molecule has 24 heavy (non-hydrogen) atoms. The Bertz CT molecular complexity index is 966. The second-order valence-electron chi connectivity index (χ2n) is 5.22. The number of fused-ring (bicyclic) bond motifs is 1. The van der Waals surface area contributed by atoms with Crippen LogP contribution < -0.4 is 15.5 Å². The Kier molecular flexibility index (Phi) is 4.29. The van der Waals surface area contributed by atoms with Crippen molar-refractivity contribution in [2.45, 2.75) is 6.54 Å². The quantitative estimate of drug-likeness (QED) is 0.802. The molecular formula is C18H15FN2O3. The van der Waals surface area contributed by atoms with E-state index in [0.717, 1.165) is 0 Å². The van der Waals surface area contributed by atoms with Crippen molar-refractivity contribution in [3.05, 3.63) is 70.8 Å². The van der Waals surface area contributed by atoms with Crippen LogP contribution in [0.25, 0.3) is 10.9 Å². The van der Waals surface area contributed by atoms with Crippen molar-refractivity contribution in [1.29, 1.82) is 0 Å². The number of amides is 1. The molecule has 6 heteroatoms. The second kappa shape index (κ2) is 6.54. The van der Waals surface area contributed by atoms with Gasteiger partial charge < -0.3 is 14.6 Å². The van der Waals surface area contributed by atoms with E-state index in [9.17, 15) is 14.0 Å². The van der Waals surface area contributed by atoms with E-state index < -0.39 is 5.82 Å². The topological polar surface area (TPSA) is 60.3 Å². The number of carbonyl (C=O) groups is 1. The average molecular weight is 326 g/mol. The van der Waals surface area contributed by atoms with Crippen molar-refractivity contribution >= 4 is 22.5 Å². The average Bonchev–Trinajstić information content (AvgIpc) is 2.58. The molecule has 0 aliphatic heterocycles. The molecular weight excluding hydrogens is 311 g/mol. The molecule has 0 radical (unpaired) electrons. The summed E-state index contributed by atoms with van der Waals surface area (Å²) in [5, 5.41) is 3.00. The molecule has 0 atom stereocenters. The molecule has 122 valence electrons. The molecule has 0 saturated heterocycles. The molecule has 0 unspecified atom stereocenters. The standard InChI is InChI=1S/C18H15FN2O3/c1-24-17-5-3-2-4-14(17)20-18(23)11-21-9-8-16(22)13-10-12(19)6-7-15(13)21/h2-10H,11H2,1H3,(H,20,23). The summed E-state index contributed by atoms with van der Waals surface area (Å²) in [6.07, 6.45) is 1.52. The largest absolute Gasteiger partial charge is 0.495 e. The molecule has 1 aromatic heterocycles. The lowest BCUT2D eigenvalue weighted by atomic mass is 10.2. The molecule has 1 heterocycles. The smallest absolute Gasteiger partial charge is 0.244 e. The van der Waals surface area contributed by atoms with E-state index in [4.69, 9.17) is 4.74 Å². The predicted octanol–water partition coefficient (Wildman–Crippen LogP) is 2.79. The SMILES string of the molecule is COc1ccccc1NC(=O)Cn1ccc(=O)c2cc(F)ccc21. The summed E-state index contributed by atoms with van der Waals surface area (Å²) < 4.78 is 20.1. The molecule has 1 amide bonds. The van der Waals surface area contributed by atoms with Gasteiger partial charge in [-0.25, -0.2) is 4.39 Å². The molecule has 0 aliphatic carbocycles. The highest BCUT2D eigenvalue weighted by Crippen LogP contribution is 2.23. The molecule has 3 aromatic rings. The number of benzene rings is 2. The van der Waals surface area contributed by atoms with Gasteiger partial charge in [-0.2, -0.15) is 0 Å². The van der Waals surface area contributed by atoms with Gasteiger partial charge >= 0.3 is 0 Å². The molecule has 0 bridgehead atoms. The number of para-hydroxylation sites is 2. The molecule has 3 rings (SSSR count). The first-order valence-corrected chi connectivity index (χ1v) is 7.30. The Hall–Kier alpha value is -3.15. The van der Waals surface area contributed by atoms with Crippen LogP contribution in [0.1, 0.15) is 0 Å².